The molecule has 1 saturated carbocycles. The molecule has 8 heteroatoms. The Bertz CT molecular complexity index is 1310. The molecule has 0 atom stereocenters. The predicted molar refractivity (Wildman–Crippen MR) is 135 cm³/mol. The van der Waals surface area contributed by atoms with Crippen LogP contribution in [0.5, 0.6) is 5.75 Å². The molecule has 5 rings (SSSR count). The van der Waals surface area contributed by atoms with Crippen molar-refractivity contribution in [1.82, 2.24) is 5.43 Å². The van der Waals surface area contributed by atoms with Crippen molar-refractivity contribution in [2.45, 2.75) is 63.9 Å². The van der Waals surface area contributed by atoms with E-state index < -0.39 is 6.03 Å². The van der Waals surface area contributed by atoms with E-state index >= 15 is 0 Å². The first-order valence-corrected chi connectivity index (χ1v) is 12.5. The number of carbonyl (C=O) groups is 1. The lowest BCUT2D eigenvalue weighted by Gasteiger charge is -2.41. The Kier molecular flexibility index (Phi) is 6.45. The standard InChI is InChI=1S/C26H27Cl2N3O3/c1-2-16-13-24(30-31-25(32)29-18-6-7-20(27)21(28)14-18)33-23-15-22-17(12-19(16)23)8-11-26(34-22)9-4-3-5-10-26/h6-7,12-15H,2-5,8-11H2,1H3,(H2,29,31,32)/b30-24+. The molecule has 2 amide bonds. The van der Waals surface area contributed by atoms with E-state index in [0.717, 1.165) is 48.8 Å². The number of hydrogen-bond acceptors (Lipinski definition) is 4. The van der Waals surface area contributed by atoms with Gasteiger partial charge in [-0.15, -0.1) is 5.10 Å². The van der Waals surface area contributed by atoms with Crippen LogP contribution in [0.2, 0.25) is 10.0 Å². The van der Waals surface area contributed by atoms with Crippen molar-refractivity contribution in [2.75, 3.05) is 5.32 Å². The summed E-state index contributed by atoms with van der Waals surface area (Å²) in [7, 11) is 0. The topological polar surface area (TPSA) is 75.9 Å². The van der Waals surface area contributed by atoms with Crippen LogP contribution in [-0.2, 0) is 12.8 Å². The highest BCUT2D eigenvalue weighted by Crippen LogP contribution is 2.43. The monoisotopic (exact) mass is 499 g/mol. The van der Waals surface area contributed by atoms with Crippen LogP contribution in [-0.4, -0.2) is 11.6 Å². The Morgan fingerprint density at radius 2 is 1.88 bits per heavy atom. The summed E-state index contributed by atoms with van der Waals surface area (Å²) in [5.41, 5.74) is 6.32. The van der Waals surface area contributed by atoms with Crippen molar-refractivity contribution in [1.29, 1.82) is 0 Å². The number of benzene rings is 2. The molecule has 2 N–H and O–H groups in total. The van der Waals surface area contributed by atoms with Gasteiger partial charge in [0.15, 0.2) is 0 Å². The Morgan fingerprint density at radius 3 is 2.65 bits per heavy atom. The second-order valence-electron chi connectivity index (χ2n) is 9.07. The first-order valence-electron chi connectivity index (χ1n) is 11.8. The molecule has 2 aliphatic rings. The Hall–Kier alpha value is -2.70. The van der Waals surface area contributed by atoms with Crippen LogP contribution in [0.4, 0.5) is 10.5 Å². The average Bonchev–Trinajstić information content (AvgIpc) is 2.84. The maximum atomic E-state index is 12.3. The first-order chi connectivity index (χ1) is 16.4. The Labute approximate surface area is 208 Å². The number of amides is 2. The van der Waals surface area contributed by atoms with Gasteiger partial charge in [-0.1, -0.05) is 36.5 Å². The molecular weight excluding hydrogens is 473 g/mol. The van der Waals surface area contributed by atoms with E-state index in [1.807, 2.05) is 12.1 Å². The molecule has 0 radical (unpaired) electrons. The van der Waals surface area contributed by atoms with E-state index in [4.69, 9.17) is 32.4 Å². The molecule has 178 valence electrons. The molecule has 6 nitrogen and oxygen atoms in total. The maximum absolute atomic E-state index is 12.3. The van der Waals surface area contributed by atoms with Gasteiger partial charge in [-0.3, -0.25) is 0 Å². The first kappa shape index (κ1) is 23.1. The van der Waals surface area contributed by atoms with Crippen LogP contribution in [0.15, 0.2) is 45.9 Å². The van der Waals surface area contributed by atoms with Gasteiger partial charge in [0.05, 0.1) is 10.0 Å². The number of urea groups is 1. The zero-order valence-electron chi connectivity index (χ0n) is 19.0. The smallest absolute Gasteiger partial charge is 0.339 e. The lowest BCUT2D eigenvalue weighted by Crippen LogP contribution is -2.41. The number of nitrogens with one attached hydrogen (secondary N) is 2. The van der Waals surface area contributed by atoms with Crippen molar-refractivity contribution in [3.8, 4) is 5.75 Å². The fourth-order valence-corrected chi connectivity index (χ4v) is 5.28. The van der Waals surface area contributed by atoms with Crippen LogP contribution in [0.3, 0.4) is 0 Å². The Balaban J connectivity index is 1.41. The third kappa shape index (κ3) is 4.75. The molecule has 0 unspecified atom stereocenters. The molecule has 0 saturated heterocycles. The molecule has 1 aliphatic carbocycles. The quantitative estimate of drug-likeness (QED) is 0.382. The van der Waals surface area contributed by atoms with E-state index in [9.17, 15) is 4.79 Å². The molecule has 1 fully saturated rings. The lowest BCUT2D eigenvalue weighted by atomic mass is 9.79. The average molecular weight is 500 g/mol. The summed E-state index contributed by atoms with van der Waals surface area (Å²) >= 11 is 11.9. The van der Waals surface area contributed by atoms with Crippen molar-refractivity contribution < 1.29 is 13.9 Å². The summed E-state index contributed by atoms with van der Waals surface area (Å²) in [6, 6.07) is 10.4. The highest BCUT2D eigenvalue weighted by Gasteiger charge is 2.37. The highest BCUT2D eigenvalue weighted by molar-refractivity contribution is 6.42. The molecule has 2 heterocycles. The van der Waals surface area contributed by atoms with Gasteiger partial charge in [-0.05, 0) is 80.3 Å². The van der Waals surface area contributed by atoms with Gasteiger partial charge in [0, 0.05) is 23.2 Å². The number of aryl methyl sites for hydroxylation is 2. The summed E-state index contributed by atoms with van der Waals surface area (Å²) in [4.78, 5) is 12.3. The molecule has 1 spiro atoms. The second kappa shape index (κ2) is 9.51. The van der Waals surface area contributed by atoms with E-state index in [1.54, 1.807) is 18.2 Å². The fraction of sp³-hybridized carbons (Fsp3) is 0.385. The summed E-state index contributed by atoms with van der Waals surface area (Å²) in [6.45, 7) is 2.09. The summed E-state index contributed by atoms with van der Waals surface area (Å²) in [5, 5.41) is 8.67. The predicted octanol–water partition coefficient (Wildman–Crippen LogP) is 6.97. The summed E-state index contributed by atoms with van der Waals surface area (Å²) < 4.78 is 12.6. The van der Waals surface area contributed by atoms with Gasteiger partial charge in [-0.2, -0.15) is 0 Å². The third-order valence-corrected chi connectivity index (χ3v) is 7.53. The van der Waals surface area contributed by atoms with Gasteiger partial charge in [-0.25, -0.2) is 10.2 Å². The maximum Gasteiger partial charge on any atom is 0.339 e. The van der Waals surface area contributed by atoms with Gasteiger partial charge < -0.3 is 14.5 Å². The molecule has 0 bridgehead atoms. The number of ether oxygens (including phenoxy) is 1. The van der Waals surface area contributed by atoms with Crippen LogP contribution < -0.4 is 21.0 Å². The second-order valence-corrected chi connectivity index (χ2v) is 9.89. The van der Waals surface area contributed by atoms with Crippen molar-refractivity contribution in [3.05, 3.63) is 63.1 Å². The van der Waals surface area contributed by atoms with E-state index in [1.165, 1.54) is 24.8 Å². The number of fused-ring (bicyclic) bond motifs is 2. The highest BCUT2D eigenvalue weighted by atomic mass is 35.5. The van der Waals surface area contributed by atoms with Crippen molar-refractivity contribution in [3.63, 3.8) is 0 Å². The number of halogens is 2. The van der Waals surface area contributed by atoms with Crippen molar-refractivity contribution in [2.24, 2.45) is 5.10 Å². The number of nitrogens with zero attached hydrogens (tertiary/aromatic N) is 1. The zero-order chi connectivity index (χ0) is 23.7. The van der Waals surface area contributed by atoms with Crippen molar-refractivity contribution >= 4 is 45.9 Å². The largest absolute Gasteiger partial charge is 0.487 e. The van der Waals surface area contributed by atoms with Gasteiger partial charge in [0.1, 0.15) is 16.9 Å². The molecule has 3 aromatic rings. The van der Waals surface area contributed by atoms with Gasteiger partial charge in [0.25, 0.3) is 0 Å². The molecule has 2 aromatic carbocycles. The summed E-state index contributed by atoms with van der Waals surface area (Å²) in [6.07, 6.45) is 8.91. The third-order valence-electron chi connectivity index (χ3n) is 6.79. The minimum atomic E-state index is -0.514. The number of hydrogen-bond donors (Lipinski definition) is 2. The normalized spacial score (nSPS) is 17.3. The number of anilines is 1. The molecular formula is C26H27Cl2N3O3. The van der Waals surface area contributed by atoms with E-state index in [-0.39, 0.29) is 5.60 Å². The summed E-state index contributed by atoms with van der Waals surface area (Å²) in [5.74, 6) is 0.911. The molecule has 34 heavy (non-hydrogen) atoms. The van der Waals surface area contributed by atoms with Gasteiger partial charge in [0.2, 0.25) is 5.55 Å². The lowest BCUT2D eigenvalue weighted by molar-refractivity contribution is 0.0109. The minimum Gasteiger partial charge on any atom is -0.487 e. The SMILES string of the molecule is CCc1c/c(=N\NC(=O)Nc2ccc(Cl)c(Cl)c2)oc2cc3c(cc12)CCC1(CCCCC1)O3. The van der Waals surface area contributed by atoms with E-state index in [0.29, 0.717) is 26.9 Å². The van der Waals surface area contributed by atoms with Crippen LogP contribution in [0.1, 0.15) is 56.6 Å². The number of carbonyl (C=O) groups excluding carboxylic acids is 1. The van der Waals surface area contributed by atoms with E-state index in [2.05, 4.69) is 28.8 Å². The molecule has 1 aromatic heterocycles. The van der Waals surface area contributed by atoms with Crippen LogP contribution in [0, 0.1) is 0 Å². The minimum absolute atomic E-state index is 0.0291. The van der Waals surface area contributed by atoms with Gasteiger partial charge >= 0.3 is 6.03 Å². The van der Waals surface area contributed by atoms with Crippen LogP contribution in [0.25, 0.3) is 11.0 Å². The molecule has 1 aliphatic heterocycles. The zero-order valence-corrected chi connectivity index (χ0v) is 20.6. The fourth-order valence-electron chi connectivity index (χ4n) is 4.98. The number of rotatable bonds is 3. The van der Waals surface area contributed by atoms with Crippen LogP contribution >= 0.6 is 23.2 Å². The Morgan fingerprint density at radius 1 is 1.06 bits per heavy atom.